The number of amides is 1. The normalized spacial score (nSPS) is 16.5. The van der Waals surface area contributed by atoms with Gasteiger partial charge in [-0.25, -0.2) is 0 Å². The van der Waals surface area contributed by atoms with E-state index >= 15 is 0 Å². The lowest BCUT2D eigenvalue weighted by Crippen LogP contribution is -2.30. The second-order valence-electron chi connectivity index (χ2n) is 7.57. The number of fused-ring (bicyclic) bond motifs is 1. The molecule has 1 N–H and O–H groups in total. The predicted octanol–water partition coefficient (Wildman–Crippen LogP) is 5.11. The van der Waals surface area contributed by atoms with Gasteiger partial charge in [0.05, 0.1) is 24.4 Å². The molecular formula is C25H19NO5. The number of aliphatic hydroxyl groups is 1. The third kappa shape index (κ3) is 3.22. The fraction of sp³-hybridized carbons (Fsp3) is 0.120. The first-order valence-electron chi connectivity index (χ1n) is 9.89. The van der Waals surface area contributed by atoms with Gasteiger partial charge in [-0.05, 0) is 36.8 Å². The average Bonchev–Trinajstić information content (AvgIpc) is 3.49. The zero-order chi connectivity index (χ0) is 21.5. The molecule has 0 bridgehead atoms. The van der Waals surface area contributed by atoms with Crippen LogP contribution in [0, 0.1) is 6.92 Å². The molecule has 1 aliphatic heterocycles. The lowest BCUT2D eigenvalue weighted by Gasteiger charge is -2.26. The maximum absolute atomic E-state index is 13.5. The van der Waals surface area contributed by atoms with Crippen molar-refractivity contribution >= 4 is 22.7 Å². The van der Waals surface area contributed by atoms with E-state index in [1.807, 2.05) is 49.4 Å². The Morgan fingerprint density at radius 3 is 2.55 bits per heavy atom. The predicted molar refractivity (Wildman–Crippen MR) is 113 cm³/mol. The number of ketones is 1. The monoisotopic (exact) mass is 413 g/mol. The summed E-state index contributed by atoms with van der Waals surface area (Å²) in [5.74, 6) is -1.08. The number of furan rings is 2. The number of nitrogens with zero attached hydrogens (tertiary/aromatic N) is 1. The SMILES string of the molecule is Cc1ccc(C2C(C(=O)c3cc4ccccc4o3)=C(O)C(=O)N2Cc2ccco2)cc1. The van der Waals surface area contributed by atoms with Crippen molar-refractivity contribution in [2.75, 3.05) is 0 Å². The van der Waals surface area contributed by atoms with Crippen LogP contribution in [0.2, 0.25) is 0 Å². The van der Waals surface area contributed by atoms with E-state index in [0.717, 1.165) is 10.9 Å². The number of carbonyl (C=O) groups excluding carboxylic acids is 2. The molecular weight excluding hydrogens is 394 g/mol. The number of hydrogen-bond donors (Lipinski definition) is 1. The molecule has 1 atom stereocenters. The highest BCUT2D eigenvalue weighted by Crippen LogP contribution is 2.40. The van der Waals surface area contributed by atoms with Gasteiger partial charge in [-0.3, -0.25) is 9.59 Å². The van der Waals surface area contributed by atoms with Crippen molar-refractivity contribution < 1.29 is 23.5 Å². The molecule has 1 amide bonds. The van der Waals surface area contributed by atoms with Crippen LogP contribution in [0.4, 0.5) is 0 Å². The molecule has 0 saturated heterocycles. The minimum atomic E-state index is -0.765. The van der Waals surface area contributed by atoms with E-state index in [-0.39, 0.29) is 17.9 Å². The third-order valence-corrected chi connectivity index (χ3v) is 5.50. The number of Topliss-reactive ketones (excluding diaryl/α,β-unsaturated/α-hetero) is 1. The number of hydrogen-bond acceptors (Lipinski definition) is 5. The molecule has 31 heavy (non-hydrogen) atoms. The lowest BCUT2D eigenvalue weighted by molar-refractivity contribution is -0.130. The van der Waals surface area contributed by atoms with Crippen molar-refractivity contribution in [3.63, 3.8) is 0 Å². The molecule has 154 valence electrons. The molecule has 2 aromatic carbocycles. The van der Waals surface area contributed by atoms with Gasteiger partial charge in [0, 0.05) is 5.39 Å². The zero-order valence-electron chi connectivity index (χ0n) is 16.7. The van der Waals surface area contributed by atoms with E-state index in [9.17, 15) is 14.7 Å². The first kappa shape index (κ1) is 18.9. The Bertz CT molecular complexity index is 1280. The summed E-state index contributed by atoms with van der Waals surface area (Å²) in [6.45, 7) is 2.07. The van der Waals surface area contributed by atoms with E-state index in [1.54, 1.807) is 24.3 Å². The molecule has 6 heteroatoms. The molecule has 1 unspecified atom stereocenters. The van der Waals surface area contributed by atoms with Gasteiger partial charge in [0.2, 0.25) is 5.78 Å². The summed E-state index contributed by atoms with van der Waals surface area (Å²) in [6, 6.07) is 19.1. The van der Waals surface area contributed by atoms with Crippen LogP contribution in [-0.2, 0) is 11.3 Å². The van der Waals surface area contributed by atoms with Gasteiger partial charge in [0.15, 0.2) is 11.5 Å². The van der Waals surface area contributed by atoms with Crippen LogP contribution in [0.5, 0.6) is 0 Å². The quantitative estimate of drug-likeness (QED) is 0.460. The number of aliphatic hydroxyl groups excluding tert-OH is 1. The smallest absolute Gasteiger partial charge is 0.290 e. The van der Waals surface area contributed by atoms with Crippen LogP contribution in [0.25, 0.3) is 11.0 Å². The number of benzene rings is 2. The summed E-state index contributed by atoms with van der Waals surface area (Å²) >= 11 is 0. The van der Waals surface area contributed by atoms with Crippen LogP contribution >= 0.6 is 0 Å². The van der Waals surface area contributed by atoms with E-state index in [4.69, 9.17) is 8.83 Å². The second kappa shape index (κ2) is 7.32. The summed E-state index contributed by atoms with van der Waals surface area (Å²) in [5.41, 5.74) is 2.33. The van der Waals surface area contributed by atoms with Crippen molar-refractivity contribution in [2.45, 2.75) is 19.5 Å². The summed E-state index contributed by atoms with van der Waals surface area (Å²) in [7, 11) is 0. The number of rotatable bonds is 5. The Labute approximate surface area is 178 Å². The highest BCUT2D eigenvalue weighted by molar-refractivity contribution is 6.15. The van der Waals surface area contributed by atoms with Crippen LogP contribution in [0.3, 0.4) is 0 Å². The van der Waals surface area contributed by atoms with E-state index in [2.05, 4.69) is 0 Å². The van der Waals surface area contributed by atoms with Crippen molar-refractivity contribution in [3.8, 4) is 0 Å². The van der Waals surface area contributed by atoms with Gasteiger partial charge in [0.1, 0.15) is 11.3 Å². The van der Waals surface area contributed by atoms with Gasteiger partial charge in [0.25, 0.3) is 5.91 Å². The van der Waals surface area contributed by atoms with Gasteiger partial charge in [-0.2, -0.15) is 0 Å². The molecule has 5 rings (SSSR count). The minimum absolute atomic E-state index is 0.000495. The Morgan fingerprint density at radius 2 is 1.84 bits per heavy atom. The molecule has 0 spiro atoms. The minimum Gasteiger partial charge on any atom is -0.503 e. The standard InChI is InChI=1S/C25H19NO5/c1-15-8-10-16(11-9-15)22-21(23(27)20-13-17-5-2-3-7-19(17)31-20)24(28)25(29)26(22)14-18-6-4-12-30-18/h2-13,22,28H,14H2,1H3. The topological polar surface area (TPSA) is 83.9 Å². The van der Waals surface area contributed by atoms with Gasteiger partial charge in [-0.1, -0.05) is 48.0 Å². The average molecular weight is 413 g/mol. The Hall–Kier alpha value is -4.06. The highest BCUT2D eigenvalue weighted by atomic mass is 16.3. The maximum Gasteiger partial charge on any atom is 0.290 e. The van der Waals surface area contributed by atoms with Crippen LogP contribution in [-0.4, -0.2) is 21.7 Å². The van der Waals surface area contributed by atoms with E-state index < -0.39 is 23.5 Å². The zero-order valence-corrected chi connectivity index (χ0v) is 16.7. The van der Waals surface area contributed by atoms with Crippen molar-refractivity contribution in [1.82, 2.24) is 4.90 Å². The molecule has 0 radical (unpaired) electrons. The molecule has 3 heterocycles. The Morgan fingerprint density at radius 1 is 1.06 bits per heavy atom. The summed E-state index contributed by atoms with van der Waals surface area (Å²) in [4.78, 5) is 27.9. The van der Waals surface area contributed by atoms with Crippen molar-refractivity contribution in [2.24, 2.45) is 0 Å². The highest BCUT2D eigenvalue weighted by Gasteiger charge is 2.44. The van der Waals surface area contributed by atoms with Crippen molar-refractivity contribution in [3.05, 3.63) is 107 Å². The number of aryl methyl sites for hydroxylation is 1. The molecule has 0 aliphatic carbocycles. The molecule has 0 saturated carbocycles. The first-order valence-corrected chi connectivity index (χ1v) is 9.89. The molecule has 2 aromatic heterocycles. The van der Waals surface area contributed by atoms with E-state index in [0.29, 0.717) is 16.9 Å². The Kier molecular flexibility index (Phi) is 4.47. The van der Waals surface area contributed by atoms with Crippen LogP contribution in [0.1, 0.15) is 33.5 Å². The molecule has 4 aromatic rings. The fourth-order valence-electron chi connectivity index (χ4n) is 3.94. The largest absolute Gasteiger partial charge is 0.503 e. The fourth-order valence-corrected chi connectivity index (χ4v) is 3.94. The molecule has 6 nitrogen and oxygen atoms in total. The molecule has 1 aliphatic rings. The van der Waals surface area contributed by atoms with Gasteiger partial charge < -0.3 is 18.8 Å². The summed E-state index contributed by atoms with van der Waals surface area (Å²) in [6.07, 6.45) is 1.52. The van der Waals surface area contributed by atoms with Gasteiger partial charge in [-0.15, -0.1) is 0 Å². The number of carbonyl (C=O) groups is 2. The summed E-state index contributed by atoms with van der Waals surface area (Å²) < 4.78 is 11.1. The Balaban J connectivity index is 1.61. The van der Waals surface area contributed by atoms with E-state index in [1.165, 1.54) is 11.2 Å². The third-order valence-electron chi connectivity index (χ3n) is 5.50. The van der Waals surface area contributed by atoms with Gasteiger partial charge >= 0.3 is 0 Å². The first-order chi connectivity index (χ1) is 15.0. The maximum atomic E-state index is 13.5. The lowest BCUT2D eigenvalue weighted by atomic mass is 9.94. The summed E-state index contributed by atoms with van der Waals surface area (Å²) in [5, 5.41) is 11.5. The second-order valence-corrected chi connectivity index (χ2v) is 7.57. The van der Waals surface area contributed by atoms with Crippen LogP contribution < -0.4 is 0 Å². The van der Waals surface area contributed by atoms with Crippen molar-refractivity contribution in [1.29, 1.82) is 0 Å². The molecule has 0 fully saturated rings. The number of para-hydroxylation sites is 1. The van der Waals surface area contributed by atoms with Crippen LogP contribution in [0.15, 0.2) is 93.2 Å².